The fourth-order valence-electron chi connectivity index (χ4n) is 4.10. The number of pyridine rings is 2. The van der Waals surface area contributed by atoms with Gasteiger partial charge >= 0.3 is 0 Å². The number of hydrogen-bond acceptors (Lipinski definition) is 6. The lowest BCUT2D eigenvalue weighted by atomic mass is 9.95. The molecule has 0 radical (unpaired) electrons. The monoisotopic (exact) mass is 405 g/mol. The molecule has 1 fully saturated rings. The third-order valence-corrected chi connectivity index (χ3v) is 5.58. The van der Waals surface area contributed by atoms with Crippen molar-refractivity contribution in [2.45, 2.75) is 38.1 Å². The second-order valence-electron chi connectivity index (χ2n) is 7.53. The van der Waals surface area contributed by atoms with Gasteiger partial charge in [-0.25, -0.2) is 9.37 Å². The molecule has 5 rings (SSSR count). The highest BCUT2D eigenvalue weighted by Gasteiger charge is 2.21. The molecule has 1 aliphatic rings. The minimum Gasteiger partial charge on any atom is -0.340 e. The summed E-state index contributed by atoms with van der Waals surface area (Å²) in [7, 11) is 0. The molecule has 1 aromatic carbocycles. The van der Waals surface area contributed by atoms with Gasteiger partial charge in [0.15, 0.2) is 5.82 Å². The molecule has 0 spiro atoms. The highest BCUT2D eigenvalue weighted by molar-refractivity contribution is 5.81. The molecule has 3 heterocycles. The van der Waals surface area contributed by atoms with Crippen LogP contribution in [0.2, 0.25) is 0 Å². The van der Waals surface area contributed by atoms with E-state index in [9.17, 15) is 9.18 Å². The lowest BCUT2D eigenvalue weighted by molar-refractivity contribution is 0.349. The molecular weight excluding hydrogens is 385 g/mol. The van der Waals surface area contributed by atoms with Crippen molar-refractivity contribution in [3.8, 4) is 11.4 Å². The number of hydrogen-bond donors (Lipinski definition) is 2. The van der Waals surface area contributed by atoms with Crippen molar-refractivity contribution >= 4 is 22.4 Å². The van der Waals surface area contributed by atoms with Crippen molar-refractivity contribution in [3.63, 3.8) is 0 Å². The van der Waals surface area contributed by atoms with E-state index in [0.717, 1.165) is 43.4 Å². The first-order valence-corrected chi connectivity index (χ1v) is 10.0. The summed E-state index contributed by atoms with van der Waals surface area (Å²) in [6, 6.07) is 10.6. The normalized spacial score (nSPS) is 14.8. The van der Waals surface area contributed by atoms with E-state index in [4.69, 9.17) is 0 Å². The summed E-state index contributed by atoms with van der Waals surface area (Å²) >= 11 is 0. The Morgan fingerprint density at radius 2 is 1.90 bits per heavy atom. The summed E-state index contributed by atoms with van der Waals surface area (Å²) in [5.74, 6) is 0.377. The molecule has 4 aromatic rings. The molecule has 9 heteroatoms. The first kappa shape index (κ1) is 18.4. The number of anilines is 2. The Hall–Kier alpha value is -3.62. The van der Waals surface area contributed by atoms with E-state index in [1.165, 1.54) is 6.07 Å². The van der Waals surface area contributed by atoms with Crippen molar-refractivity contribution in [1.29, 1.82) is 0 Å². The van der Waals surface area contributed by atoms with E-state index in [2.05, 4.69) is 30.9 Å². The Morgan fingerprint density at radius 3 is 2.63 bits per heavy atom. The molecule has 3 aromatic heterocycles. The van der Waals surface area contributed by atoms with Crippen LogP contribution in [0.4, 0.5) is 15.9 Å². The van der Waals surface area contributed by atoms with Crippen molar-refractivity contribution in [3.05, 3.63) is 58.8 Å². The van der Waals surface area contributed by atoms with Gasteiger partial charge in [-0.1, -0.05) is 19.3 Å². The van der Waals surface area contributed by atoms with Crippen LogP contribution < -0.4 is 10.9 Å². The minimum atomic E-state index is -0.729. The van der Waals surface area contributed by atoms with E-state index in [0.29, 0.717) is 22.5 Å². The number of nitrogens with one attached hydrogen (secondary N) is 2. The first-order chi connectivity index (χ1) is 14.7. The third kappa shape index (κ3) is 3.42. The van der Waals surface area contributed by atoms with Crippen LogP contribution in [0.25, 0.3) is 22.3 Å². The van der Waals surface area contributed by atoms with Crippen LogP contribution in [0, 0.1) is 5.82 Å². The summed E-state index contributed by atoms with van der Waals surface area (Å²) < 4.78 is 15.9. The van der Waals surface area contributed by atoms with E-state index >= 15 is 0 Å². The number of H-pyrrole nitrogens is 1. The lowest BCUT2D eigenvalue weighted by Gasteiger charge is -2.25. The average Bonchev–Trinajstić information content (AvgIpc) is 3.31. The molecule has 8 nitrogen and oxygen atoms in total. The molecule has 0 atom stereocenters. The maximum atomic E-state index is 14.3. The second-order valence-corrected chi connectivity index (χ2v) is 7.53. The van der Waals surface area contributed by atoms with Crippen LogP contribution in [0.3, 0.4) is 0 Å². The number of halogens is 1. The molecule has 2 N–H and O–H groups in total. The summed E-state index contributed by atoms with van der Waals surface area (Å²) in [5.41, 5.74) is 1.80. The molecule has 0 saturated heterocycles. The van der Waals surface area contributed by atoms with Gasteiger partial charge in [0.2, 0.25) is 5.82 Å². The van der Waals surface area contributed by atoms with Crippen LogP contribution in [0.1, 0.15) is 38.1 Å². The molecule has 0 aliphatic heterocycles. The largest absolute Gasteiger partial charge is 0.340 e. The van der Waals surface area contributed by atoms with E-state index in [1.54, 1.807) is 10.8 Å². The Kier molecular flexibility index (Phi) is 4.70. The molecule has 0 unspecified atom stereocenters. The summed E-state index contributed by atoms with van der Waals surface area (Å²) in [4.78, 5) is 17.0. The van der Waals surface area contributed by atoms with Gasteiger partial charge in [-0.15, -0.1) is 10.2 Å². The second kappa shape index (κ2) is 7.66. The predicted molar refractivity (Wildman–Crippen MR) is 111 cm³/mol. The van der Waals surface area contributed by atoms with Gasteiger partial charge in [-0.3, -0.25) is 4.79 Å². The quantitative estimate of drug-likeness (QED) is 0.533. The molecule has 1 aliphatic carbocycles. The topological polar surface area (TPSA) is 101 Å². The zero-order valence-corrected chi connectivity index (χ0v) is 16.2. The van der Waals surface area contributed by atoms with Gasteiger partial charge in [0, 0.05) is 34.9 Å². The number of aromatic amines is 1. The van der Waals surface area contributed by atoms with Crippen LogP contribution in [-0.4, -0.2) is 30.2 Å². The maximum Gasteiger partial charge on any atom is 0.287 e. The van der Waals surface area contributed by atoms with Gasteiger partial charge in [-0.05, 0) is 48.4 Å². The molecule has 1 saturated carbocycles. The summed E-state index contributed by atoms with van der Waals surface area (Å²) in [5, 5.41) is 17.8. The Morgan fingerprint density at radius 1 is 1.10 bits per heavy atom. The molecule has 152 valence electrons. The lowest BCUT2D eigenvalue weighted by Crippen LogP contribution is -2.28. The van der Waals surface area contributed by atoms with Crippen molar-refractivity contribution in [2.75, 3.05) is 5.32 Å². The summed E-state index contributed by atoms with van der Waals surface area (Å²) in [6.07, 6.45) is 6.65. The number of fused-ring (bicyclic) bond motifs is 1. The number of benzene rings is 1. The highest BCUT2D eigenvalue weighted by Crippen LogP contribution is 2.30. The number of tetrazole rings is 1. The van der Waals surface area contributed by atoms with Crippen molar-refractivity contribution < 1.29 is 4.39 Å². The van der Waals surface area contributed by atoms with Crippen LogP contribution in [-0.2, 0) is 0 Å². The van der Waals surface area contributed by atoms with Crippen molar-refractivity contribution in [2.24, 2.45) is 0 Å². The fourth-order valence-corrected chi connectivity index (χ4v) is 4.10. The van der Waals surface area contributed by atoms with Gasteiger partial charge in [0.05, 0.1) is 5.52 Å². The highest BCUT2D eigenvalue weighted by atomic mass is 19.1. The Balaban J connectivity index is 1.49. The average molecular weight is 405 g/mol. The van der Waals surface area contributed by atoms with Crippen LogP contribution in [0.15, 0.2) is 47.4 Å². The smallest absolute Gasteiger partial charge is 0.287 e. The van der Waals surface area contributed by atoms with Gasteiger partial charge < -0.3 is 9.88 Å². The minimum absolute atomic E-state index is 0.0222. The zero-order valence-electron chi connectivity index (χ0n) is 16.2. The van der Waals surface area contributed by atoms with E-state index < -0.39 is 11.4 Å². The van der Waals surface area contributed by atoms with Gasteiger partial charge in [0.1, 0.15) is 5.82 Å². The maximum absolute atomic E-state index is 14.3. The predicted octanol–water partition coefficient (Wildman–Crippen LogP) is 3.96. The first-order valence-electron chi connectivity index (χ1n) is 10.0. The van der Waals surface area contributed by atoms with Crippen molar-refractivity contribution in [1.82, 2.24) is 30.2 Å². The van der Waals surface area contributed by atoms with Crippen LogP contribution >= 0.6 is 0 Å². The summed E-state index contributed by atoms with van der Waals surface area (Å²) in [6.45, 7) is 0. The third-order valence-electron chi connectivity index (χ3n) is 5.58. The molecule has 0 amide bonds. The molecular formula is C21H20FN7O. The number of nitrogens with zero attached hydrogens (tertiary/aromatic N) is 5. The standard InChI is InChI=1S/C21H20FN7O/c22-17-10-14-12-23-19(11-18(14)29(21(17)30)16-4-2-1-3-5-16)24-15-8-6-13(7-9-15)20-25-27-28-26-20/h6-12,16H,1-5H2,(H,23,24)(H,25,26,27,28). The molecule has 0 bridgehead atoms. The fraction of sp³-hybridized carbons (Fsp3) is 0.286. The SMILES string of the molecule is O=c1c(F)cc2cnc(Nc3ccc(-c4nn[nH]n4)cc3)cc2n1C1CCCCC1. The Bertz CT molecular complexity index is 1230. The van der Waals surface area contributed by atoms with Crippen LogP contribution in [0.5, 0.6) is 0 Å². The zero-order chi connectivity index (χ0) is 20.5. The van der Waals surface area contributed by atoms with Gasteiger partial charge in [-0.2, -0.15) is 5.21 Å². The van der Waals surface area contributed by atoms with Gasteiger partial charge in [0.25, 0.3) is 5.56 Å². The number of aromatic nitrogens is 6. The Labute approximate surface area is 171 Å². The van der Waals surface area contributed by atoms with E-state index in [1.807, 2.05) is 30.3 Å². The molecule has 30 heavy (non-hydrogen) atoms. The number of rotatable bonds is 4. The van der Waals surface area contributed by atoms with E-state index in [-0.39, 0.29) is 6.04 Å².